The van der Waals surface area contributed by atoms with Gasteiger partial charge in [0.15, 0.2) is 0 Å². The lowest BCUT2D eigenvalue weighted by Gasteiger charge is -2.17. The number of primary amides is 1. The van der Waals surface area contributed by atoms with E-state index in [4.69, 9.17) is 5.73 Å². The first-order valence-corrected chi connectivity index (χ1v) is 4.71. The maximum Gasteiger partial charge on any atom is 0.231 e. The zero-order valence-corrected chi connectivity index (χ0v) is 8.18. The van der Waals surface area contributed by atoms with E-state index in [-0.39, 0.29) is 5.91 Å². The molecule has 0 rings (SSSR count). The number of hydrogen-bond donors (Lipinski definition) is 1. The maximum absolute atomic E-state index is 10.6. The molecule has 12 heavy (non-hydrogen) atoms. The first-order chi connectivity index (χ1) is 5.70. The average molecular weight is 172 g/mol. The van der Waals surface area contributed by atoms with E-state index in [1.807, 2.05) is 0 Å². The Balaban J connectivity index is 3.46. The Morgan fingerprint density at radius 3 is 2.42 bits per heavy atom. The monoisotopic (exact) mass is 172 g/mol. The third-order valence-corrected chi connectivity index (χ3v) is 1.90. The molecule has 0 aromatic rings. The Morgan fingerprint density at radius 2 is 2.00 bits per heavy atom. The van der Waals surface area contributed by atoms with Gasteiger partial charge in [-0.15, -0.1) is 0 Å². The SMILES string of the molecule is CCCCCN(CC)CC(N)=O. The molecule has 3 nitrogen and oxygen atoms in total. The van der Waals surface area contributed by atoms with Crippen LogP contribution in [0.25, 0.3) is 0 Å². The number of carbonyl (C=O) groups is 1. The van der Waals surface area contributed by atoms with Crippen molar-refractivity contribution in [2.24, 2.45) is 5.73 Å². The molecule has 0 radical (unpaired) electrons. The normalized spacial score (nSPS) is 10.6. The molecule has 2 N–H and O–H groups in total. The van der Waals surface area contributed by atoms with Crippen LogP contribution in [0.5, 0.6) is 0 Å². The van der Waals surface area contributed by atoms with Crippen LogP contribution < -0.4 is 5.73 Å². The van der Waals surface area contributed by atoms with Crippen molar-refractivity contribution < 1.29 is 4.79 Å². The quantitative estimate of drug-likeness (QED) is 0.582. The molecule has 0 heterocycles. The fourth-order valence-electron chi connectivity index (χ4n) is 1.15. The Bertz CT molecular complexity index is 126. The van der Waals surface area contributed by atoms with Crippen LogP contribution in [0.4, 0.5) is 0 Å². The zero-order chi connectivity index (χ0) is 9.40. The van der Waals surface area contributed by atoms with Gasteiger partial charge in [0.2, 0.25) is 5.91 Å². The number of amides is 1. The summed E-state index contributed by atoms with van der Waals surface area (Å²) in [6.45, 7) is 6.53. The van der Waals surface area contributed by atoms with Crippen molar-refractivity contribution in [3.63, 3.8) is 0 Å². The fraction of sp³-hybridized carbons (Fsp3) is 0.889. The summed E-state index contributed by atoms with van der Waals surface area (Å²) < 4.78 is 0. The third-order valence-electron chi connectivity index (χ3n) is 1.90. The van der Waals surface area contributed by atoms with Gasteiger partial charge in [-0.05, 0) is 19.5 Å². The summed E-state index contributed by atoms with van der Waals surface area (Å²) in [5, 5.41) is 0. The molecule has 0 saturated heterocycles. The van der Waals surface area contributed by atoms with Crippen LogP contribution >= 0.6 is 0 Å². The average Bonchev–Trinajstić information content (AvgIpc) is 2.02. The van der Waals surface area contributed by atoms with E-state index in [1.54, 1.807) is 0 Å². The molecule has 3 heteroatoms. The molecule has 0 aromatic carbocycles. The molecule has 0 aliphatic rings. The van der Waals surface area contributed by atoms with Crippen molar-refractivity contribution in [3.05, 3.63) is 0 Å². The Morgan fingerprint density at radius 1 is 1.33 bits per heavy atom. The highest BCUT2D eigenvalue weighted by atomic mass is 16.1. The van der Waals surface area contributed by atoms with E-state index < -0.39 is 0 Å². The summed E-state index contributed by atoms with van der Waals surface area (Å²) in [7, 11) is 0. The van der Waals surface area contributed by atoms with Gasteiger partial charge in [-0.2, -0.15) is 0 Å². The molecular formula is C9H20N2O. The first kappa shape index (κ1) is 11.4. The van der Waals surface area contributed by atoms with Crippen molar-refractivity contribution in [1.82, 2.24) is 4.90 Å². The van der Waals surface area contributed by atoms with Gasteiger partial charge in [0.1, 0.15) is 0 Å². The van der Waals surface area contributed by atoms with Crippen LogP contribution in [0.1, 0.15) is 33.1 Å². The Labute approximate surface area is 74.9 Å². The highest BCUT2D eigenvalue weighted by Gasteiger charge is 2.04. The number of unbranched alkanes of at least 4 members (excludes halogenated alkanes) is 2. The number of nitrogens with two attached hydrogens (primary N) is 1. The molecule has 72 valence electrons. The van der Waals surface area contributed by atoms with Gasteiger partial charge in [-0.3, -0.25) is 9.69 Å². The second-order valence-electron chi connectivity index (χ2n) is 3.04. The number of likely N-dealkylation sites (N-methyl/N-ethyl adjacent to an activating group) is 1. The van der Waals surface area contributed by atoms with Crippen LogP contribution in [0.2, 0.25) is 0 Å². The number of rotatable bonds is 7. The topological polar surface area (TPSA) is 46.3 Å². The summed E-state index contributed by atoms with van der Waals surface area (Å²) in [5.74, 6) is -0.228. The second-order valence-corrected chi connectivity index (χ2v) is 3.04. The van der Waals surface area contributed by atoms with E-state index in [2.05, 4.69) is 18.7 Å². The van der Waals surface area contributed by atoms with E-state index in [0.717, 1.165) is 19.5 Å². The lowest BCUT2D eigenvalue weighted by molar-refractivity contribution is -0.119. The first-order valence-electron chi connectivity index (χ1n) is 4.71. The lowest BCUT2D eigenvalue weighted by Crippen LogP contribution is -2.34. The zero-order valence-electron chi connectivity index (χ0n) is 8.18. The third kappa shape index (κ3) is 6.16. The van der Waals surface area contributed by atoms with Crippen molar-refractivity contribution in [2.45, 2.75) is 33.1 Å². The highest BCUT2D eigenvalue weighted by Crippen LogP contribution is 1.97. The molecule has 0 bridgehead atoms. The van der Waals surface area contributed by atoms with Gasteiger partial charge >= 0.3 is 0 Å². The maximum atomic E-state index is 10.6. The summed E-state index contributed by atoms with van der Waals surface area (Å²) in [5.41, 5.74) is 5.09. The number of carbonyl (C=O) groups excluding carboxylic acids is 1. The Kier molecular flexibility index (Phi) is 6.76. The van der Waals surface area contributed by atoms with Crippen LogP contribution in [0.3, 0.4) is 0 Å². The van der Waals surface area contributed by atoms with Gasteiger partial charge < -0.3 is 5.73 Å². The van der Waals surface area contributed by atoms with Gasteiger partial charge in [0.25, 0.3) is 0 Å². The molecule has 0 aliphatic heterocycles. The van der Waals surface area contributed by atoms with Crippen LogP contribution in [0, 0.1) is 0 Å². The van der Waals surface area contributed by atoms with E-state index in [0.29, 0.717) is 6.54 Å². The molecule has 0 fully saturated rings. The fourth-order valence-corrected chi connectivity index (χ4v) is 1.15. The van der Waals surface area contributed by atoms with Gasteiger partial charge in [-0.25, -0.2) is 0 Å². The second kappa shape index (κ2) is 7.10. The molecule has 0 atom stereocenters. The van der Waals surface area contributed by atoms with Crippen LogP contribution in [-0.4, -0.2) is 30.4 Å². The van der Waals surface area contributed by atoms with Crippen molar-refractivity contribution >= 4 is 5.91 Å². The molecule has 0 saturated carbocycles. The molecule has 1 amide bonds. The van der Waals surface area contributed by atoms with Gasteiger partial charge in [-0.1, -0.05) is 26.7 Å². The van der Waals surface area contributed by atoms with Gasteiger partial charge in [0, 0.05) is 0 Å². The predicted molar refractivity (Wildman–Crippen MR) is 50.8 cm³/mol. The minimum Gasteiger partial charge on any atom is -0.369 e. The summed E-state index contributed by atoms with van der Waals surface area (Å²) in [4.78, 5) is 12.7. The minimum absolute atomic E-state index is 0.228. The molecule has 0 aromatic heterocycles. The van der Waals surface area contributed by atoms with Crippen LogP contribution in [-0.2, 0) is 4.79 Å². The number of hydrogen-bond acceptors (Lipinski definition) is 2. The predicted octanol–water partition coefficient (Wildman–Crippen LogP) is 0.984. The lowest BCUT2D eigenvalue weighted by atomic mass is 10.2. The summed E-state index contributed by atoms with van der Waals surface area (Å²) in [6, 6.07) is 0. The highest BCUT2D eigenvalue weighted by molar-refractivity contribution is 5.75. The minimum atomic E-state index is -0.228. The molecule has 0 unspecified atom stereocenters. The van der Waals surface area contributed by atoms with E-state index in [9.17, 15) is 4.79 Å². The van der Waals surface area contributed by atoms with Crippen LogP contribution in [0.15, 0.2) is 0 Å². The summed E-state index contributed by atoms with van der Waals surface area (Å²) in [6.07, 6.45) is 3.61. The standard InChI is InChI=1S/C9H20N2O/c1-3-5-6-7-11(4-2)8-9(10)12/h3-8H2,1-2H3,(H2,10,12). The van der Waals surface area contributed by atoms with Crippen molar-refractivity contribution in [1.29, 1.82) is 0 Å². The molecule has 0 spiro atoms. The Hall–Kier alpha value is -0.570. The molecular weight excluding hydrogens is 152 g/mol. The number of nitrogens with zero attached hydrogens (tertiary/aromatic N) is 1. The van der Waals surface area contributed by atoms with Crippen molar-refractivity contribution in [3.8, 4) is 0 Å². The smallest absolute Gasteiger partial charge is 0.231 e. The van der Waals surface area contributed by atoms with Gasteiger partial charge in [0.05, 0.1) is 6.54 Å². The van der Waals surface area contributed by atoms with Crippen molar-refractivity contribution in [2.75, 3.05) is 19.6 Å². The van der Waals surface area contributed by atoms with E-state index >= 15 is 0 Å². The van der Waals surface area contributed by atoms with E-state index in [1.165, 1.54) is 12.8 Å². The largest absolute Gasteiger partial charge is 0.369 e. The molecule has 0 aliphatic carbocycles. The summed E-state index contributed by atoms with van der Waals surface area (Å²) >= 11 is 0.